The highest BCUT2D eigenvalue weighted by Gasteiger charge is 2.46. The van der Waals surface area contributed by atoms with Crippen molar-refractivity contribution in [2.75, 3.05) is 48.2 Å². The zero-order valence-corrected chi connectivity index (χ0v) is 20.2. The molecule has 1 heterocycles. The number of aliphatic hydroxyl groups is 1. The first-order chi connectivity index (χ1) is 16.9. The Morgan fingerprint density at radius 2 is 1.66 bits per heavy atom. The number of likely N-dealkylation sites (tertiary alicyclic amines) is 1. The molecule has 2 aromatic carbocycles. The van der Waals surface area contributed by atoms with Gasteiger partial charge in [-0.1, -0.05) is 12.7 Å². The van der Waals surface area contributed by atoms with Gasteiger partial charge in [-0.2, -0.15) is 0 Å². The van der Waals surface area contributed by atoms with Crippen LogP contribution in [0.1, 0.15) is 17.2 Å². The van der Waals surface area contributed by atoms with Gasteiger partial charge in [-0.25, -0.2) is 0 Å². The predicted molar refractivity (Wildman–Crippen MR) is 129 cm³/mol. The number of amides is 1. The summed E-state index contributed by atoms with van der Waals surface area (Å²) >= 11 is 0. The number of aliphatic hydroxyl groups excluding tert-OH is 1. The highest BCUT2D eigenvalue weighted by atomic mass is 16.5. The van der Waals surface area contributed by atoms with E-state index in [4.69, 9.17) is 23.7 Å². The molecule has 9 heteroatoms. The molecule has 0 aliphatic carbocycles. The van der Waals surface area contributed by atoms with E-state index in [-0.39, 0.29) is 24.5 Å². The topological polar surface area (TPSA) is 104 Å². The van der Waals surface area contributed by atoms with Crippen LogP contribution in [-0.2, 0) is 14.3 Å². The zero-order valence-electron chi connectivity index (χ0n) is 20.2. The lowest BCUT2D eigenvalue weighted by atomic mass is 9.94. The lowest BCUT2D eigenvalue weighted by Gasteiger charge is -2.26. The molecule has 3 rings (SSSR count). The zero-order chi connectivity index (χ0) is 25.5. The molecule has 35 heavy (non-hydrogen) atoms. The number of rotatable bonds is 11. The highest BCUT2D eigenvalue weighted by molar-refractivity contribution is 6.46. The van der Waals surface area contributed by atoms with Crippen molar-refractivity contribution in [3.05, 3.63) is 65.8 Å². The van der Waals surface area contributed by atoms with Gasteiger partial charge < -0.3 is 33.7 Å². The van der Waals surface area contributed by atoms with E-state index in [0.717, 1.165) is 0 Å². The third kappa shape index (κ3) is 5.09. The van der Waals surface area contributed by atoms with Gasteiger partial charge in [-0.3, -0.25) is 9.59 Å². The summed E-state index contributed by atoms with van der Waals surface area (Å²) in [5.74, 6) is -0.216. The average Bonchev–Trinajstić information content (AvgIpc) is 3.14. The third-order valence-corrected chi connectivity index (χ3v) is 5.57. The summed E-state index contributed by atoms with van der Waals surface area (Å²) in [6.07, 6.45) is 1.62. The van der Waals surface area contributed by atoms with Crippen molar-refractivity contribution in [1.82, 2.24) is 4.90 Å². The molecule has 1 fully saturated rings. The molecule has 1 unspecified atom stereocenters. The minimum absolute atomic E-state index is 0.0554. The van der Waals surface area contributed by atoms with Gasteiger partial charge in [0.05, 0.1) is 39.6 Å². The Morgan fingerprint density at radius 3 is 2.17 bits per heavy atom. The average molecular weight is 484 g/mol. The number of carbonyl (C=O) groups excluding carboxylic acids is 2. The van der Waals surface area contributed by atoms with Gasteiger partial charge in [0, 0.05) is 19.2 Å². The third-order valence-electron chi connectivity index (χ3n) is 5.57. The number of hydrogen-bond donors (Lipinski definition) is 1. The molecule has 0 spiro atoms. The molecule has 0 aromatic heterocycles. The fraction of sp³-hybridized carbons (Fsp3) is 0.308. The van der Waals surface area contributed by atoms with Crippen LogP contribution in [0.5, 0.6) is 23.0 Å². The first-order valence-electron chi connectivity index (χ1n) is 10.8. The maximum absolute atomic E-state index is 13.1. The van der Waals surface area contributed by atoms with Crippen molar-refractivity contribution in [3.63, 3.8) is 0 Å². The maximum atomic E-state index is 13.1. The first-order valence-corrected chi connectivity index (χ1v) is 10.8. The van der Waals surface area contributed by atoms with Crippen LogP contribution in [0.15, 0.2) is 54.6 Å². The molecular weight excluding hydrogens is 454 g/mol. The second kappa shape index (κ2) is 11.4. The number of methoxy groups -OCH3 is 4. The van der Waals surface area contributed by atoms with E-state index in [1.54, 1.807) is 42.5 Å². The van der Waals surface area contributed by atoms with Gasteiger partial charge in [0.15, 0.2) is 11.5 Å². The van der Waals surface area contributed by atoms with E-state index in [1.165, 1.54) is 33.3 Å². The van der Waals surface area contributed by atoms with Crippen molar-refractivity contribution in [3.8, 4) is 23.0 Å². The lowest BCUT2D eigenvalue weighted by Crippen LogP contribution is -2.32. The molecule has 0 saturated carbocycles. The largest absolute Gasteiger partial charge is 0.507 e. The molecule has 9 nitrogen and oxygen atoms in total. The quantitative estimate of drug-likeness (QED) is 0.225. The van der Waals surface area contributed by atoms with Crippen LogP contribution in [0.3, 0.4) is 0 Å². The first kappa shape index (κ1) is 25.6. The molecule has 186 valence electrons. The lowest BCUT2D eigenvalue weighted by molar-refractivity contribution is -0.140. The van der Waals surface area contributed by atoms with Crippen LogP contribution in [0, 0.1) is 0 Å². The number of ketones is 1. The fourth-order valence-electron chi connectivity index (χ4n) is 3.93. The normalized spacial score (nSPS) is 16.8. The van der Waals surface area contributed by atoms with Crippen molar-refractivity contribution in [2.45, 2.75) is 6.04 Å². The molecule has 2 aromatic rings. The molecule has 1 aliphatic rings. The van der Waals surface area contributed by atoms with Crippen LogP contribution >= 0.6 is 0 Å². The summed E-state index contributed by atoms with van der Waals surface area (Å²) < 4.78 is 26.9. The van der Waals surface area contributed by atoms with Crippen LogP contribution < -0.4 is 18.9 Å². The number of benzene rings is 2. The maximum Gasteiger partial charge on any atom is 0.295 e. The van der Waals surface area contributed by atoms with Gasteiger partial charge >= 0.3 is 0 Å². The Labute approximate surface area is 204 Å². The molecule has 1 saturated heterocycles. The van der Waals surface area contributed by atoms with Gasteiger partial charge in [0.1, 0.15) is 18.1 Å². The smallest absolute Gasteiger partial charge is 0.295 e. The van der Waals surface area contributed by atoms with E-state index in [9.17, 15) is 14.7 Å². The summed E-state index contributed by atoms with van der Waals surface area (Å²) in [7, 11) is 5.92. The van der Waals surface area contributed by atoms with E-state index in [0.29, 0.717) is 40.7 Å². The van der Waals surface area contributed by atoms with E-state index in [2.05, 4.69) is 6.58 Å². The minimum Gasteiger partial charge on any atom is -0.507 e. The molecule has 0 bridgehead atoms. The summed E-state index contributed by atoms with van der Waals surface area (Å²) in [5.41, 5.74) is 0.806. The van der Waals surface area contributed by atoms with Crippen LogP contribution in [0.25, 0.3) is 5.76 Å². The molecule has 1 atom stereocenters. The van der Waals surface area contributed by atoms with Crippen molar-refractivity contribution >= 4 is 17.4 Å². The number of carbonyl (C=O) groups is 2. The molecule has 1 aliphatic heterocycles. The summed E-state index contributed by atoms with van der Waals surface area (Å²) in [6, 6.07) is 8.94. The SMILES string of the molecule is C=CCOc1ccc(C(O)=C2C(=O)C(=O)N(CCOC)C2c2cc(OC)c(OC)c(OC)c2)cc1. The Bertz CT molecular complexity index is 1100. The number of ether oxygens (including phenoxy) is 5. The van der Waals surface area contributed by atoms with E-state index < -0.39 is 17.7 Å². The number of hydrogen-bond acceptors (Lipinski definition) is 8. The van der Waals surface area contributed by atoms with E-state index >= 15 is 0 Å². The van der Waals surface area contributed by atoms with Crippen molar-refractivity contribution in [1.29, 1.82) is 0 Å². The van der Waals surface area contributed by atoms with Crippen molar-refractivity contribution < 1.29 is 38.4 Å². The van der Waals surface area contributed by atoms with Gasteiger partial charge in [0.25, 0.3) is 11.7 Å². The van der Waals surface area contributed by atoms with Crippen LogP contribution in [-0.4, -0.2) is 69.9 Å². The predicted octanol–water partition coefficient (Wildman–Crippen LogP) is 3.35. The Morgan fingerprint density at radius 1 is 1.03 bits per heavy atom. The second-order valence-electron chi connectivity index (χ2n) is 7.57. The Hall–Kier alpha value is -3.98. The Balaban J connectivity index is 2.18. The minimum atomic E-state index is -0.907. The number of nitrogens with zero attached hydrogens (tertiary/aromatic N) is 1. The van der Waals surface area contributed by atoms with Crippen LogP contribution in [0.4, 0.5) is 0 Å². The summed E-state index contributed by atoms with van der Waals surface area (Å²) in [4.78, 5) is 27.5. The van der Waals surface area contributed by atoms with Gasteiger partial charge in [0.2, 0.25) is 5.75 Å². The summed E-state index contributed by atoms with van der Waals surface area (Å²) in [6.45, 7) is 4.27. The van der Waals surface area contributed by atoms with Gasteiger partial charge in [-0.15, -0.1) is 0 Å². The molecule has 0 radical (unpaired) electrons. The summed E-state index contributed by atoms with van der Waals surface area (Å²) in [5, 5.41) is 11.2. The molecule has 1 amide bonds. The standard InChI is InChI=1S/C26H29NO8/c1-6-12-35-18-9-7-16(8-10-18)23(28)21-22(27(11-13-31-2)26(30)24(21)29)17-14-19(32-3)25(34-5)20(15-17)33-4/h6-10,14-15,22,28H,1,11-13H2,2-5H3. The second-order valence-corrected chi connectivity index (χ2v) is 7.57. The highest BCUT2D eigenvalue weighted by Crippen LogP contribution is 2.45. The molecule has 1 N–H and O–H groups in total. The van der Waals surface area contributed by atoms with Crippen LogP contribution in [0.2, 0.25) is 0 Å². The van der Waals surface area contributed by atoms with Crippen molar-refractivity contribution in [2.24, 2.45) is 0 Å². The van der Waals surface area contributed by atoms with Gasteiger partial charge in [-0.05, 0) is 42.0 Å². The number of Topliss-reactive ketones (excluding diaryl/α,β-unsaturated/α-hetero) is 1. The Kier molecular flexibility index (Phi) is 8.38. The fourth-order valence-corrected chi connectivity index (χ4v) is 3.93. The van der Waals surface area contributed by atoms with E-state index in [1.807, 2.05) is 0 Å². The molecular formula is C26H29NO8. The monoisotopic (exact) mass is 483 g/mol.